The molecule has 4 heteroatoms. The van der Waals surface area contributed by atoms with Crippen LogP contribution in [0.25, 0.3) is 0 Å². The van der Waals surface area contributed by atoms with Crippen molar-refractivity contribution >= 4 is 5.95 Å². The summed E-state index contributed by atoms with van der Waals surface area (Å²) in [4.78, 5) is 4.49. The third-order valence-electron chi connectivity index (χ3n) is 4.28. The van der Waals surface area contributed by atoms with E-state index in [-0.39, 0.29) is 0 Å². The van der Waals surface area contributed by atoms with E-state index in [1.165, 1.54) is 32.1 Å². The highest BCUT2D eigenvalue weighted by Crippen LogP contribution is 2.25. The molecule has 0 amide bonds. The summed E-state index contributed by atoms with van der Waals surface area (Å²) >= 11 is 0. The van der Waals surface area contributed by atoms with E-state index >= 15 is 0 Å². The summed E-state index contributed by atoms with van der Waals surface area (Å²) < 4.78 is 7.62. The molecule has 1 fully saturated rings. The second kappa shape index (κ2) is 8.30. The minimum Gasteiger partial charge on any atom is -0.382 e. The van der Waals surface area contributed by atoms with Crippen molar-refractivity contribution in [3.63, 3.8) is 0 Å². The Labute approximate surface area is 122 Å². The van der Waals surface area contributed by atoms with E-state index in [2.05, 4.69) is 28.0 Å². The molecule has 1 aliphatic rings. The van der Waals surface area contributed by atoms with Gasteiger partial charge in [0.25, 0.3) is 0 Å². The Balaban J connectivity index is 1.86. The van der Waals surface area contributed by atoms with Gasteiger partial charge in [-0.15, -0.1) is 0 Å². The van der Waals surface area contributed by atoms with Gasteiger partial charge in [0.15, 0.2) is 0 Å². The molecule has 2 rings (SSSR count). The predicted molar refractivity (Wildman–Crippen MR) is 83.0 cm³/mol. The zero-order valence-corrected chi connectivity index (χ0v) is 13.0. The van der Waals surface area contributed by atoms with Gasteiger partial charge in [0.2, 0.25) is 5.95 Å². The van der Waals surface area contributed by atoms with Crippen LogP contribution in [0.3, 0.4) is 0 Å². The first-order chi connectivity index (χ1) is 9.81. The number of nitrogens with zero attached hydrogens (tertiary/aromatic N) is 2. The highest BCUT2D eigenvalue weighted by Gasteiger charge is 2.20. The number of anilines is 1. The van der Waals surface area contributed by atoms with Gasteiger partial charge >= 0.3 is 0 Å². The molecule has 1 saturated carbocycles. The van der Waals surface area contributed by atoms with Crippen molar-refractivity contribution in [1.29, 1.82) is 0 Å². The van der Waals surface area contributed by atoms with Gasteiger partial charge in [0.1, 0.15) is 0 Å². The molecule has 0 aromatic carbocycles. The number of aromatic nitrogens is 2. The fourth-order valence-corrected chi connectivity index (χ4v) is 2.98. The van der Waals surface area contributed by atoms with Crippen molar-refractivity contribution in [3.05, 3.63) is 12.4 Å². The highest BCUT2D eigenvalue weighted by molar-refractivity contribution is 5.28. The number of hydrogen-bond donors (Lipinski definition) is 1. The summed E-state index contributed by atoms with van der Waals surface area (Å²) in [5.74, 6) is 1.77. The monoisotopic (exact) mass is 279 g/mol. The Bertz CT molecular complexity index is 378. The molecular formula is C16H29N3O. The van der Waals surface area contributed by atoms with Crippen molar-refractivity contribution in [1.82, 2.24) is 9.55 Å². The fourth-order valence-electron chi connectivity index (χ4n) is 2.98. The topological polar surface area (TPSA) is 39.1 Å². The Hall–Kier alpha value is -1.03. The van der Waals surface area contributed by atoms with Crippen LogP contribution in [0.1, 0.15) is 52.4 Å². The molecule has 2 atom stereocenters. The molecule has 0 radical (unpaired) electrons. The van der Waals surface area contributed by atoms with Crippen LogP contribution in [0.15, 0.2) is 12.4 Å². The van der Waals surface area contributed by atoms with Crippen molar-refractivity contribution in [3.8, 4) is 0 Å². The van der Waals surface area contributed by atoms with Gasteiger partial charge in [-0.2, -0.15) is 0 Å². The molecular weight excluding hydrogens is 250 g/mol. The van der Waals surface area contributed by atoms with Crippen molar-refractivity contribution in [2.45, 2.75) is 65.0 Å². The zero-order chi connectivity index (χ0) is 14.2. The number of imidazole rings is 1. The average Bonchev–Trinajstić information content (AvgIpc) is 2.79. The van der Waals surface area contributed by atoms with E-state index in [4.69, 9.17) is 4.74 Å². The van der Waals surface area contributed by atoms with Crippen LogP contribution in [-0.4, -0.2) is 28.8 Å². The minimum atomic E-state index is 0.575. The van der Waals surface area contributed by atoms with Gasteiger partial charge in [0.05, 0.1) is 0 Å². The number of nitrogens with one attached hydrogen (secondary N) is 1. The van der Waals surface area contributed by atoms with Gasteiger partial charge < -0.3 is 14.6 Å². The molecule has 0 saturated heterocycles. The number of ether oxygens (including phenoxy) is 1. The quantitative estimate of drug-likeness (QED) is 0.611. The first-order valence-electron chi connectivity index (χ1n) is 8.16. The van der Waals surface area contributed by atoms with Crippen LogP contribution in [0, 0.1) is 5.92 Å². The highest BCUT2D eigenvalue weighted by atomic mass is 16.5. The maximum absolute atomic E-state index is 5.40. The lowest BCUT2D eigenvalue weighted by atomic mass is 9.97. The summed E-state index contributed by atoms with van der Waals surface area (Å²) in [5.41, 5.74) is 0. The molecule has 20 heavy (non-hydrogen) atoms. The molecule has 1 heterocycles. The predicted octanol–water partition coefficient (Wildman–Crippen LogP) is 3.69. The fraction of sp³-hybridized carbons (Fsp3) is 0.812. The second-order valence-corrected chi connectivity index (χ2v) is 5.86. The standard InChI is InChI=1S/C16H29N3O/c1-3-20-13-7-11-19-12-10-17-16(19)18-15-9-6-4-5-8-14(15)2/h10,12,14-15H,3-9,11,13H2,1-2H3,(H,17,18). The maximum Gasteiger partial charge on any atom is 0.202 e. The van der Waals surface area contributed by atoms with Gasteiger partial charge in [0, 0.05) is 38.2 Å². The van der Waals surface area contributed by atoms with Gasteiger partial charge in [-0.3, -0.25) is 0 Å². The lowest BCUT2D eigenvalue weighted by Crippen LogP contribution is -2.28. The third kappa shape index (κ3) is 4.51. The zero-order valence-electron chi connectivity index (χ0n) is 13.0. The van der Waals surface area contributed by atoms with E-state index in [9.17, 15) is 0 Å². The van der Waals surface area contributed by atoms with E-state index in [1.807, 2.05) is 13.1 Å². The number of rotatable bonds is 7. The Kier molecular flexibility index (Phi) is 6.37. The van der Waals surface area contributed by atoms with Gasteiger partial charge in [-0.1, -0.05) is 26.2 Å². The van der Waals surface area contributed by atoms with Gasteiger partial charge in [-0.05, 0) is 32.1 Å². The van der Waals surface area contributed by atoms with Crippen LogP contribution >= 0.6 is 0 Å². The lowest BCUT2D eigenvalue weighted by Gasteiger charge is -2.23. The molecule has 0 spiro atoms. The summed E-state index contributed by atoms with van der Waals surface area (Å²) in [6.07, 6.45) is 11.7. The average molecular weight is 279 g/mol. The van der Waals surface area contributed by atoms with Crippen LogP contribution in [0.2, 0.25) is 0 Å². The van der Waals surface area contributed by atoms with E-state index in [1.54, 1.807) is 0 Å². The smallest absolute Gasteiger partial charge is 0.202 e. The maximum atomic E-state index is 5.40. The van der Waals surface area contributed by atoms with Crippen LogP contribution in [0.5, 0.6) is 0 Å². The summed E-state index contributed by atoms with van der Waals surface area (Å²) in [7, 11) is 0. The minimum absolute atomic E-state index is 0.575. The molecule has 4 nitrogen and oxygen atoms in total. The largest absolute Gasteiger partial charge is 0.382 e. The first-order valence-corrected chi connectivity index (χ1v) is 8.16. The number of hydrogen-bond acceptors (Lipinski definition) is 3. The summed E-state index contributed by atoms with van der Waals surface area (Å²) in [6, 6.07) is 0.575. The van der Waals surface area contributed by atoms with E-state index in [0.717, 1.165) is 38.0 Å². The Morgan fingerprint density at radius 2 is 2.20 bits per heavy atom. The lowest BCUT2D eigenvalue weighted by molar-refractivity contribution is 0.142. The summed E-state index contributed by atoms with van der Waals surface area (Å²) in [6.45, 7) is 7.01. The molecule has 1 aliphatic carbocycles. The Morgan fingerprint density at radius 3 is 3.05 bits per heavy atom. The molecule has 1 N–H and O–H groups in total. The van der Waals surface area contributed by atoms with Gasteiger partial charge in [-0.25, -0.2) is 4.98 Å². The normalized spacial score (nSPS) is 23.5. The molecule has 0 aliphatic heterocycles. The Morgan fingerprint density at radius 1 is 1.35 bits per heavy atom. The van der Waals surface area contributed by atoms with E-state index in [0.29, 0.717) is 6.04 Å². The molecule has 1 aromatic rings. The third-order valence-corrected chi connectivity index (χ3v) is 4.28. The molecule has 114 valence electrons. The van der Waals surface area contributed by atoms with Crippen molar-refractivity contribution < 1.29 is 4.74 Å². The van der Waals surface area contributed by atoms with E-state index < -0.39 is 0 Å². The van der Waals surface area contributed by atoms with Crippen LogP contribution in [0.4, 0.5) is 5.95 Å². The second-order valence-electron chi connectivity index (χ2n) is 5.86. The molecule has 1 aromatic heterocycles. The first kappa shape index (κ1) is 15.4. The van der Waals surface area contributed by atoms with Crippen molar-refractivity contribution in [2.24, 2.45) is 5.92 Å². The van der Waals surface area contributed by atoms with Crippen molar-refractivity contribution in [2.75, 3.05) is 18.5 Å². The number of aryl methyl sites for hydroxylation is 1. The molecule has 2 unspecified atom stereocenters. The SMILES string of the molecule is CCOCCCn1ccnc1NC1CCCCCC1C. The molecule has 0 bridgehead atoms. The van der Waals surface area contributed by atoms with Crippen LogP contribution in [-0.2, 0) is 11.3 Å². The van der Waals surface area contributed by atoms with Crippen LogP contribution < -0.4 is 5.32 Å². The summed E-state index contributed by atoms with van der Waals surface area (Å²) in [5, 5.41) is 3.67.